The van der Waals surface area contributed by atoms with Crippen molar-refractivity contribution >= 4 is 24.4 Å². The first kappa shape index (κ1) is 22.1. The fourth-order valence-corrected chi connectivity index (χ4v) is 1.63. The molecule has 0 radical (unpaired) electrons. The molecule has 0 saturated heterocycles. The van der Waals surface area contributed by atoms with Gasteiger partial charge >= 0.3 is 30.3 Å². The summed E-state index contributed by atoms with van der Waals surface area (Å²) in [5.41, 5.74) is 10.0. The summed E-state index contributed by atoms with van der Waals surface area (Å²) < 4.78 is 19.5. The molecule has 0 aromatic carbocycles. The van der Waals surface area contributed by atoms with E-state index in [0.717, 1.165) is 4.90 Å². The Morgan fingerprint density at radius 2 is 1.68 bits per heavy atom. The second kappa shape index (κ2) is 10.1. The number of carbonyl (C=O) groups excluding carboxylic acids is 4. The standard InChI is InChI=1S/C13H24N4O8/c1-5-6-7-8(22-9(14)18)13(23-10(15)19,24-11(20)16-2)25-12(21)17(3)4/h8H,5-7H2,1-4H3,(H2,14,18)(H2,15,19)(H,16,20). The van der Waals surface area contributed by atoms with Crippen LogP contribution >= 0.6 is 0 Å². The molecule has 0 heterocycles. The molecule has 0 aromatic rings. The van der Waals surface area contributed by atoms with E-state index in [0.29, 0.717) is 12.8 Å². The number of rotatable bonds is 8. The minimum Gasteiger partial charge on any atom is -0.433 e. The first-order valence-electron chi connectivity index (χ1n) is 7.33. The third-order valence-corrected chi connectivity index (χ3v) is 2.75. The van der Waals surface area contributed by atoms with Crippen molar-refractivity contribution in [2.24, 2.45) is 11.5 Å². The summed E-state index contributed by atoms with van der Waals surface area (Å²) in [4.78, 5) is 47.1. The molecule has 0 aliphatic carbocycles. The fourth-order valence-electron chi connectivity index (χ4n) is 1.63. The summed E-state index contributed by atoms with van der Waals surface area (Å²) >= 11 is 0. The van der Waals surface area contributed by atoms with Crippen molar-refractivity contribution in [2.45, 2.75) is 38.3 Å². The molecule has 12 heteroatoms. The van der Waals surface area contributed by atoms with Crippen LogP contribution in [0.5, 0.6) is 0 Å². The normalized spacial score (nSPS) is 13.6. The van der Waals surface area contributed by atoms with E-state index in [1.165, 1.54) is 21.1 Å². The lowest BCUT2D eigenvalue weighted by Crippen LogP contribution is -2.57. The molecule has 4 amide bonds. The van der Waals surface area contributed by atoms with E-state index in [1.807, 2.05) is 6.92 Å². The number of carbonyl (C=O) groups is 4. The van der Waals surface area contributed by atoms with E-state index in [4.69, 9.17) is 30.4 Å². The van der Waals surface area contributed by atoms with Crippen LogP contribution in [0.1, 0.15) is 26.2 Å². The number of nitrogens with one attached hydrogen (secondary N) is 1. The monoisotopic (exact) mass is 364 g/mol. The van der Waals surface area contributed by atoms with Gasteiger partial charge in [0.2, 0.25) is 6.10 Å². The molecule has 0 aliphatic rings. The fraction of sp³-hybridized carbons (Fsp3) is 0.692. The predicted octanol–water partition coefficient (Wildman–Crippen LogP) is 0.444. The van der Waals surface area contributed by atoms with E-state index < -0.39 is 36.5 Å². The molecule has 144 valence electrons. The minimum absolute atomic E-state index is 0.00950. The van der Waals surface area contributed by atoms with Crippen molar-refractivity contribution in [3.8, 4) is 0 Å². The molecular weight excluding hydrogens is 340 g/mol. The van der Waals surface area contributed by atoms with E-state index >= 15 is 0 Å². The maximum Gasteiger partial charge on any atom is 0.467 e. The van der Waals surface area contributed by atoms with E-state index in [1.54, 1.807) is 0 Å². The van der Waals surface area contributed by atoms with Gasteiger partial charge in [0, 0.05) is 21.1 Å². The highest BCUT2D eigenvalue weighted by Crippen LogP contribution is 2.28. The largest absolute Gasteiger partial charge is 0.467 e. The lowest BCUT2D eigenvalue weighted by Gasteiger charge is -2.35. The SMILES string of the molecule is CCCCC(OC(N)=O)C(OC(N)=O)(OC(=O)NC)OC(=O)N(C)C. The van der Waals surface area contributed by atoms with E-state index in [9.17, 15) is 19.2 Å². The van der Waals surface area contributed by atoms with Crippen LogP contribution in [0.2, 0.25) is 0 Å². The molecule has 0 aliphatic heterocycles. The molecule has 0 fully saturated rings. The second-order valence-corrected chi connectivity index (χ2v) is 4.99. The number of hydrogen-bond acceptors (Lipinski definition) is 8. The molecule has 0 spiro atoms. The Labute approximate surface area is 144 Å². The van der Waals surface area contributed by atoms with Gasteiger partial charge in [-0.2, -0.15) is 0 Å². The van der Waals surface area contributed by atoms with Crippen molar-refractivity contribution in [1.82, 2.24) is 10.2 Å². The van der Waals surface area contributed by atoms with Gasteiger partial charge in [-0.05, 0) is 12.8 Å². The number of nitrogens with two attached hydrogens (primary N) is 2. The third-order valence-electron chi connectivity index (χ3n) is 2.75. The summed E-state index contributed by atoms with van der Waals surface area (Å²) in [7, 11) is 3.86. The van der Waals surface area contributed by atoms with Crippen LogP contribution in [0.4, 0.5) is 19.2 Å². The van der Waals surface area contributed by atoms with Crippen molar-refractivity contribution in [2.75, 3.05) is 21.1 Å². The van der Waals surface area contributed by atoms with Crippen LogP contribution in [-0.4, -0.2) is 62.5 Å². The zero-order valence-corrected chi connectivity index (χ0v) is 14.6. The van der Waals surface area contributed by atoms with Crippen LogP contribution in [-0.2, 0) is 18.9 Å². The van der Waals surface area contributed by atoms with Crippen molar-refractivity contribution in [1.29, 1.82) is 0 Å². The van der Waals surface area contributed by atoms with Gasteiger partial charge in [-0.25, -0.2) is 19.2 Å². The Hall–Kier alpha value is -2.92. The third kappa shape index (κ3) is 7.46. The van der Waals surface area contributed by atoms with Crippen LogP contribution in [0.15, 0.2) is 0 Å². The van der Waals surface area contributed by atoms with Gasteiger partial charge in [-0.15, -0.1) is 0 Å². The molecule has 25 heavy (non-hydrogen) atoms. The quantitative estimate of drug-likeness (QED) is 0.520. The van der Waals surface area contributed by atoms with Gasteiger partial charge < -0.3 is 40.6 Å². The Bertz CT molecular complexity index is 498. The number of ether oxygens (including phenoxy) is 4. The molecule has 0 saturated carbocycles. The Kier molecular flexibility index (Phi) is 8.88. The maximum atomic E-state index is 12.0. The zero-order chi connectivity index (χ0) is 19.6. The summed E-state index contributed by atoms with van der Waals surface area (Å²) in [6.45, 7) is 1.82. The minimum atomic E-state index is -2.75. The average Bonchev–Trinajstić information content (AvgIpc) is 2.49. The van der Waals surface area contributed by atoms with E-state index in [-0.39, 0.29) is 6.42 Å². The summed E-state index contributed by atoms with van der Waals surface area (Å²) in [6.07, 6.45) is -5.39. The molecule has 2 unspecified atom stereocenters. The Balaban J connectivity index is 6.00. The van der Waals surface area contributed by atoms with Gasteiger partial charge in [0.25, 0.3) is 0 Å². The Morgan fingerprint density at radius 3 is 2.08 bits per heavy atom. The predicted molar refractivity (Wildman–Crippen MR) is 83.1 cm³/mol. The smallest absolute Gasteiger partial charge is 0.433 e. The van der Waals surface area contributed by atoms with Crippen LogP contribution in [0.25, 0.3) is 0 Å². The second-order valence-electron chi connectivity index (χ2n) is 4.99. The topological polar surface area (TPSA) is 173 Å². The lowest BCUT2D eigenvalue weighted by molar-refractivity contribution is -0.341. The molecule has 0 rings (SSSR count). The molecular formula is C13H24N4O8. The summed E-state index contributed by atoms with van der Waals surface area (Å²) in [6, 6.07) is 0. The van der Waals surface area contributed by atoms with Crippen LogP contribution < -0.4 is 16.8 Å². The van der Waals surface area contributed by atoms with E-state index in [2.05, 4.69) is 5.32 Å². The van der Waals surface area contributed by atoms with Gasteiger partial charge in [0.15, 0.2) is 0 Å². The van der Waals surface area contributed by atoms with Crippen molar-refractivity contribution in [3.05, 3.63) is 0 Å². The number of alkyl carbamates (subject to hydrolysis) is 1. The van der Waals surface area contributed by atoms with Gasteiger partial charge in [-0.1, -0.05) is 13.3 Å². The number of hydrogen-bond donors (Lipinski definition) is 3. The number of amides is 4. The zero-order valence-electron chi connectivity index (χ0n) is 14.6. The van der Waals surface area contributed by atoms with Crippen molar-refractivity contribution < 1.29 is 38.1 Å². The maximum absolute atomic E-state index is 12.0. The van der Waals surface area contributed by atoms with Crippen molar-refractivity contribution in [3.63, 3.8) is 0 Å². The Morgan fingerprint density at radius 1 is 1.08 bits per heavy atom. The average molecular weight is 364 g/mol. The molecule has 0 aromatic heterocycles. The van der Waals surface area contributed by atoms with Gasteiger partial charge in [0.05, 0.1) is 0 Å². The van der Waals surface area contributed by atoms with Crippen LogP contribution in [0, 0.1) is 0 Å². The lowest BCUT2D eigenvalue weighted by atomic mass is 10.1. The highest BCUT2D eigenvalue weighted by molar-refractivity contribution is 5.71. The number of unbranched alkanes of at least 4 members (excludes halogenated alkanes) is 1. The molecule has 12 nitrogen and oxygen atoms in total. The first-order valence-corrected chi connectivity index (χ1v) is 7.33. The van der Waals surface area contributed by atoms with Crippen LogP contribution in [0.3, 0.4) is 0 Å². The highest BCUT2D eigenvalue weighted by Gasteiger charge is 2.54. The van der Waals surface area contributed by atoms with Gasteiger partial charge in [-0.3, -0.25) is 0 Å². The highest BCUT2D eigenvalue weighted by atomic mass is 16.9. The molecule has 0 bridgehead atoms. The first-order chi connectivity index (χ1) is 11.6. The molecule has 5 N–H and O–H groups in total. The molecule has 2 atom stereocenters. The number of nitrogens with zero attached hydrogens (tertiary/aromatic N) is 1. The number of primary amides is 2. The van der Waals surface area contributed by atoms with Gasteiger partial charge in [0.1, 0.15) is 0 Å². The summed E-state index contributed by atoms with van der Waals surface area (Å²) in [5, 5.41) is 2.09. The summed E-state index contributed by atoms with van der Waals surface area (Å²) in [5.74, 6) is -2.75.